The molecule has 3 rings (SSSR count). The molecule has 0 N–H and O–H groups in total. The number of halogens is 1. The van der Waals surface area contributed by atoms with Gasteiger partial charge in [-0.25, -0.2) is 0 Å². The van der Waals surface area contributed by atoms with Crippen LogP contribution >= 0.6 is 11.6 Å². The van der Waals surface area contributed by atoms with Crippen molar-refractivity contribution < 1.29 is 4.79 Å². The minimum absolute atomic E-state index is 0.000715. The van der Waals surface area contributed by atoms with Crippen molar-refractivity contribution in [1.29, 1.82) is 0 Å². The summed E-state index contributed by atoms with van der Waals surface area (Å²) in [6, 6.07) is 1.65. The maximum atomic E-state index is 12.4. The Morgan fingerprint density at radius 2 is 2.15 bits per heavy atom. The van der Waals surface area contributed by atoms with Crippen molar-refractivity contribution >= 4 is 17.5 Å². The number of hydrogen-bond acceptors (Lipinski definition) is 3. The normalized spacial score (nSPS) is 21.0. The molecular formula is C14H21ClN4O. The van der Waals surface area contributed by atoms with Crippen molar-refractivity contribution in [3.05, 3.63) is 16.9 Å². The Morgan fingerprint density at radius 1 is 1.35 bits per heavy atom. The third-order valence-electron chi connectivity index (χ3n) is 4.13. The number of aryl methyl sites for hydroxylation is 1. The van der Waals surface area contributed by atoms with E-state index in [0.717, 1.165) is 38.5 Å². The molecule has 1 saturated heterocycles. The Hall–Kier alpha value is -1.07. The Labute approximate surface area is 124 Å². The third kappa shape index (κ3) is 3.15. The van der Waals surface area contributed by atoms with Gasteiger partial charge in [-0.15, -0.1) is 0 Å². The third-order valence-corrected chi connectivity index (χ3v) is 4.48. The summed E-state index contributed by atoms with van der Waals surface area (Å²) in [5.74, 6) is 0.910. The summed E-state index contributed by atoms with van der Waals surface area (Å²) in [6.45, 7) is 4.89. The summed E-state index contributed by atoms with van der Waals surface area (Å²) in [7, 11) is 1.75. The van der Waals surface area contributed by atoms with Gasteiger partial charge in [-0.2, -0.15) is 5.10 Å². The summed E-state index contributed by atoms with van der Waals surface area (Å²) < 4.78 is 1.53. The van der Waals surface area contributed by atoms with Crippen LogP contribution in [0.15, 0.2) is 6.07 Å². The van der Waals surface area contributed by atoms with E-state index in [1.54, 1.807) is 13.1 Å². The van der Waals surface area contributed by atoms with E-state index >= 15 is 0 Å². The first-order valence-corrected chi connectivity index (χ1v) is 7.72. The summed E-state index contributed by atoms with van der Waals surface area (Å²) >= 11 is 5.95. The minimum Gasteiger partial charge on any atom is -0.336 e. The zero-order valence-electron chi connectivity index (χ0n) is 11.9. The fourth-order valence-electron chi connectivity index (χ4n) is 2.73. The molecule has 1 saturated carbocycles. The number of carbonyl (C=O) groups is 1. The Morgan fingerprint density at radius 3 is 2.80 bits per heavy atom. The molecule has 1 aliphatic heterocycles. The highest BCUT2D eigenvalue weighted by Crippen LogP contribution is 2.30. The molecule has 5 nitrogen and oxygen atoms in total. The second-order valence-electron chi connectivity index (χ2n) is 5.87. The smallest absolute Gasteiger partial charge is 0.274 e. The first-order chi connectivity index (χ1) is 9.63. The van der Waals surface area contributed by atoms with E-state index in [1.807, 2.05) is 4.90 Å². The molecule has 2 heterocycles. The molecule has 2 fully saturated rings. The Bertz CT molecular complexity index is 478. The predicted molar refractivity (Wildman–Crippen MR) is 77.9 cm³/mol. The first kappa shape index (κ1) is 13.9. The zero-order valence-corrected chi connectivity index (χ0v) is 12.6. The largest absolute Gasteiger partial charge is 0.336 e. The number of carbonyl (C=O) groups excluding carboxylic acids is 1. The second-order valence-corrected chi connectivity index (χ2v) is 6.25. The molecule has 0 spiro atoms. The van der Waals surface area contributed by atoms with Crippen LogP contribution in [0, 0.1) is 5.92 Å². The van der Waals surface area contributed by atoms with E-state index in [-0.39, 0.29) is 5.91 Å². The molecule has 110 valence electrons. The van der Waals surface area contributed by atoms with Gasteiger partial charge >= 0.3 is 0 Å². The van der Waals surface area contributed by atoms with Gasteiger partial charge in [-0.3, -0.25) is 9.48 Å². The molecule has 0 atom stereocenters. The molecule has 6 heteroatoms. The lowest BCUT2D eigenvalue weighted by Gasteiger charge is -2.21. The minimum atomic E-state index is 0.000715. The predicted octanol–water partition coefficient (Wildman–Crippen LogP) is 1.63. The van der Waals surface area contributed by atoms with Gasteiger partial charge in [0.2, 0.25) is 0 Å². The summed E-state index contributed by atoms with van der Waals surface area (Å²) in [5.41, 5.74) is 0.452. The molecule has 20 heavy (non-hydrogen) atoms. The van der Waals surface area contributed by atoms with Gasteiger partial charge in [0.05, 0.1) is 0 Å². The Kier molecular flexibility index (Phi) is 3.98. The number of aromatic nitrogens is 2. The van der Waals surface area contributed by atoms with Gasteiger partial charge < -0.3 is 9.80 Å². The average Bonchev–Trinajstić information content (AvgIpc) is 3.20. The molecule has 1 aliphatic carbocycles. The van der Waals surface area contributed by atoms with Crippen LogP contribution in [0.2, 0.25) is 5.15 Å². The monoisotopic (exact) mass is 296 g/mol. The second kappa shape index (κ2) is 5.74. The molecule has 1 aromatic rings. The van der Waals surface area contributed by atoms with Crippen molar-refractivity contribution in [2.45, 2.75) is 19.3 Å². The van der Waals surface area contributed by atoms with Crippen LogP contribution in [-0.4, -0.2) is 58.2 Å². The molecular weight excluding hydrogens is 276 g/mol. The van der Waals surface area contributed by atoms with Crippen LogP contribution in [-0.2, 0) is 7.05 Å². The highest BCUT2D eigenvalue weighted by molar-refractivity contribution is 6.29. The fourth-order valence-corrected chi connectivity index (χ4v) is 2.87. The molecule has 1 amide bonds. The standard InChI is InChI=1S/C14H21ClN4O/c1-17-13(15)9-12(16-17)14(20)19-6-2-5-18(7-8-19)10-11-3-4-11/h9,11H,2-8,10H2,1H3. The molecule has 2 aliphatic rings. The van der Waals surface area contributed by atoms with Gasteiger partial charge in [0.1, 0.15) is 5.15 Å². The lowest BCUT2D eigenvalue weighted by molar-refractivity contribution is 0.0754. The number of amides is 1. The van der Waals surface area contributed by atoms with Crippen molar-refractivity contribution in [2.75, 3.05) is 32.7 Å². The van der Waals surface area contributed by atoms with E-state index in [0.29, 0.717) is 10.8 Å². The van der Waals surface area contributed by atoms with Gasteiger partial charge in [-0.05, 0) is 31.7 Å². The molecule has 0 radical (unpaired) electrons. The van der Waals surface area contributed by atoms with Crippen LogP contribution in [0.25, 0.3) is 0 Å². The topological polar surface area (TPSA) is 41.4 Å². The van der Waals surface area contributed by atoms with Gasteiger partial charge in [0.15, 0.2) is 5.69 Å². The Balaban J connectivity index is 1.60. The van der Waals surface area contributed by atoms with E-state index in [4.69, 9.17) is 11.6 Å². The van der Waals surface area contributed by atoms with Crippen LogP contribution in [0.5, 0.6) is 0 Å². The van der Waals surface area contributed by atoms with E-state index in [9.17, 15) is 4.79 Å². The van der Waals surface area contributed by atoms with Crippen LogP contribution in [0.3, 0.4) is 0 Å². The highest BCUT2D eigenvalue weighted by Gasteiger charge is 2.27. The molecule has 1 aromatic heterocycles. The van der Waals surface area contributed by atoms with Crippen LogP contribution in [0.4, 0.5) is 0 Å². The first-order valence-electron chi connectivity index (χ1n) is 7.34. The van der Waals surface area contributed by atoms with E-state index in [1.165, 1.54) is 24.1 Å². The van der Waals surface area contributed by atoms with Gasteiger partial charge in [-0.1, -0.05) is 11.6 Å². The highest BCUT2D eigenvalue weighted by atomic mass is 35.5. The quantitative estimate of drug-likeness (QED) is 0.851. The van der Waals surface area contributed by atoms with E-state index < -0.39 is 0 Å². The van der Waals surface area contributed by atoms with Crippen molar-refractivity contribution in [3.63, 3.8) is 0 Å². The summed E-state index contributed by atoms with van der Waals surface area (Å²) in [4.78, 5) is 16.8. The summed E-state index contributed by atoms with van der Waals surface area (Å²) in [5, 5.41) is 4.67. The van der Waals surface area contributed by atoms with Crippen LogP contribution < -0.4 is 0 Å². The van der Waals surface area contributed by atoms with Crippen molar-refractivity contribution in [1.82, 2.24) is 19.6 Å². The lowest BCUT2D eigenvalue weighted by Crippen LogP contribution is -2.36. The maximum Gasteiger partial charge on any atom is 0.274 e. The van der Waals surface area contributed by atoms with E-state index in [2.05, 4.69) is 10.00 Å². The zero-order chi connectivity index (χ0) is 14.1. The number of rotatable bonds is 3. The fraction of sp³-hybridized carbons (Fsp3) is 0.714. The number of hydrogen-bond donors (Lipinski definition) is 0. The van der Waals surface area contributed by atoms with Gasteiger partial charge in [0.25, 0.3) is 5.91 Å². The van der Waals surface area contributed by atoms with Gasteiger partial charge in [0, 0.05) is 39.3 Å². The molecule has 0 bridgehead atoms. The lowest BCUT2D eigenvalue weighted by atomic mass is 10.3. The maximum absolute atomic E-state index is 12.4. The number of nitrogens with zero attached hydrogens (tertiary/aromatic N) is 4. The molecule has 0 aromatic carbocycles. The SMILES string of the molecule is Cn1nc(C(=O)N2CCCN(CC3CC3)CC2)cc1Cl. The summed E-state index contributed by atoms with van der Waals surface area (Å²) in [6.07, 6.45) is 3.80. The average molecular weight is 297 g/mol. The van der Waals surface area contributed by atoms with Crippen molar-refractivity contribution in [2.24, 2.45) is 13.0 Å². The van der Waals surface area contributed by atoms with Crippen molar-refractivity contribution in [3.8, 4) is 0 Å². The molecule has 0 unspecified atom stereocenters. The van der Waals surface area contributed by atoms with Crippen LogP contribution in [0.1, 0.15) is 29.8 Å².